The van der Waals surface area contributed by atoms with E-state index in [1.54, 1.807) is 36.0 Å². The first-order valence-corrected chi connectivity index (χ1v) is 12.7. The summed E-state index contributed by atoms with van der Waals surface area (Å²) in [5, 5.41) is 0. The molecule has 29 heavy (non-hydrogen) atoms. The summed E-state index contributed by atoms with van der Waals surface area (Å²) in [5.41, 5.74) is 2.92. The van der Waals surface area contributed by atoms with Crippen LogP contribution in [0, 0.1) is 12.8 Å². The molecule has 5 nitrogen and oxygen atoms in total. The summed E-state index contributed by atoms with van der Waals surface area (Å²) in [6, 6.07) is 14.6. The number of thioether (sulfide) groups is 1. The van der Waals surface area contributed by atoms with Gasteiger partial charge in [-0.2, -0.15) is 11.8 Å². The zero-order valence-corrected chi connectivity index (χ0v) is 18.6. The van der Waals surface area contributed by atoms with Crippen molar-refractivity contribution in [2.24, 2.45) is 5.92 Å². The van der Waals surface area contributed by atoms with Gasteiger partial charge in [-0.25, -0.2) is 13.1 Å². The Bertz CT molecular complexity index is 926. The highest BCUT2D eigenvalue weighted by Crippen LogP contribution is 2.20. The SMILES string of the molecule is CSCc1ccc(C(=O)N2CCCC(CNS(=O)(=O)c3ccc(C)cc3)C2)cc1. The van der Waals surface area contributed by atoms with Crippen molar-refractivity contribution in [2.75, 3.05) is 25.9 Å². The van der Waals surface area contributed by atoms with Crippen LogP contribution in [0.5, 0.6) is 0 Å². The van der Waals surface area contributed by atoms with E-state index < -0.39 is 10.0 Å². The van der Waals surface area contributed by atoms with Crippen molar-refractivity contribution >= 4 is 27.7 Å². The van der Waals surface area contributed by atoms with Gasteiger partial charge in [0.25, 0.3) is 5.91 Å². The molecule has 0 bridgehead atoms. The Morgan fingerprint density at radius 2 is 1.83 bits per heavy atom. The van der Waals surface area contributed by atoms with Crippen molar-refractivity contribution in [3.05, 3.63) is 65.2 Å². The molecule has 0 aliphatic carbocycles. The zero-order valence-electron chi connectivity index (χ0n) is 16.9. The minimum Gasteiger partial charge on any atom is -0.338 e. The Morgan fingerprint density at radius 3 is 2.48 bits per heavy atom. The third-order valence-corrected chi connectivity index (χ3v) is 7.27. The van der Waals surface area contributed by atoms with Gasteiger partial charge in [-0.1, -0.05) is 29.8 Å². The Labute approximate surface area is 177 Å². The average molecular weight is 433 g/mol. The quantitative estimate of drug-likeness (QED) is 0.725. The number of aryl methyl sites for hydroxylation is 1. The van der Waals surface area contributed by atoms with Gasteiger partial charge in [0.2, 0.25) is 10.0 Å². The standard InChI is InChI=1S/C22H28N2O3S2/c1-17-5-11-21(12-6-17)29(26,27)23-14-19-4-3-13-24(15-19)22(25)20-9-7-18(8-10-20)16-28-2/h5-12,19,23H,3-4,13-16H2,1-2H3. The van der Waals surface area contributed by atoms with Crippen LogP contribution in [0.1, 0.15) is 34.3 Å². The van der Waals surface area contributed by atoms with Crippen molar-refractivity contribution in [3.8, 4) is 0 Å². The van der Waals surface area contributed by atoms with Crippen molar-refractivity contribution in [2.45, 2.75) is 30.4 Å². The Balaban J connectivity index is 1.58. The smallest absolute Gasteiger partial charge is 0.253 e. The fraction of sp³-hybridized carbons (Fsp3) is 0.409. The molecule has 0 aromatic heterocycles. The van der Waals surface area contributed by atoms with Crippen LogP contribution in [0.25, 0.3) is 0 Å². The molecule has 0 radical (unpaired) electrons. The zero-order chi connectivity index (χ0) is 20.9. The van der Waals surface area contributed by atoms with Gasteiger partial charge < -0.3 is 4.90 Å². The number of amides is 1. The van der Waals surface area contributed by atoms with Gasteiger partial charge in [-0.3, -0.25) is 4.79 Å². The number of nitrogens with one attached hydrogen (secondary N) is 1. The minimum absolute atomic E-state index is 0.0202. The van der Waals surface area contributed by atoms with Gasteiger partial charge in [0, 0.05) is 31.0 Å². The highest BCUT2D eigenvalue weighted by atomic mass is 32.2. The number of sulfonamides is 1. The van der Waals surface area contributed by atoms with Crippen molar-refractivity contribution in [3.63, 3.8) is 0 Å². The van der Waals surface area contributed by atoms with E-state index in [0.29, 0.717) is 25.2 Å². The van der Waals surface area contributed by atoms with Crippen LogP contribution in [-0.4, -0.2) is 45.1 Å². The fourth-order valence-corrected chi connectivity index (χ4v) is 5.18. The number of nitrogens with zero attached hydrogens (tertiary/aromatic N) is 1. The number of rotatable bonds is 7. The number of hydrogen-bond donors (Lipinski definition) is 1. The summed E-state index contributed by atoms with van der Waals surface area (Å²) in [4.78, 5) is 15.0. The van der Waals surface area contributed by atoms with Crippen LogP contribution in [0.3, 0.4) is 0 Å². The van der Waals surface area contributed by atoms with E-state index in [0.717, 1.165) is 24.2 Å². The molecule has 156 valence electrons. The number of piperidine rings is 1. The van der Waals surface area contributed by atoms with Gasteiger partial charge in [0.15, 0.2) is 0 Å². The van der Waals surface area contributed by atoms with E-state index >= 15 is 0 Å². The molecule has 1 unspecified atom stereocenters. The Kier molecular flexibility index (Phi) is 7.38. The van der Waals surface area contributed by atoms with Crippen LogP contribution in [0.2, 0.25) is 0 Å². The largest absolute Gasteiger partial charge is 0.338 e. The molecule has 2 aromatic rings. The third kappa shape index (κ3) is 5.84. The molecular formula is C22H28N2O3S2. The van der Waals surface area contributed by atoms with Crippen molar-refractivity contribution in [1.29, 1.82) is 0 Å². The third-order valence-electron chi connectivity index (χ3n) is 5.21. The van der Waals surface area contributed by atoms with E-state index in [-0.39, 0.29) is 16.7 Å². The first-order chi connectivity index (χ1) is 13.9. The monoisotopic (exact) mass is 432 g/mol. The summed E-state index contributed by atoms with van der Waals surface area (Å²) in [5.74, 6) is 1.07. The maximum absolute atomic E-state index is 12.9. The number of carbonyl (C=O) groups is 1. The van der Waals surface area contributed by atoms with E-state index in [1.807, 2.05) is 36.1 Å². The molecular weight excluding hydrogens is 404 g/mol. The molecule has 1 fully saturated rings. The second-order valence-corrected chi connectivity index (χ2v) is 10.2. The molecule has 3 rings (SSSR count). The van der Waals surface area contributed by atoms with E-state index in [4.69, 9.17) is 0 Å². The molecule has 1 saturated heterocycles. The molecule has 1 amide bonds. The average Bonchev–Trinajstić information content (AvgIpc) is 2.73. The molecule has 0 saturated carbocycles. The van der Waals surface area contributed by atoms with Crippen LogP contribution >= 0.6 is 11.8 Å². The lowest BCUT2D eigenvalue weighted by atomic mass is 9.97. The summed E-state index contributed by atoms with van der Waals surface area (Å²) < 4.78 is 27.7. The van der Waals surface area contributed by atoms with Gasteiger partial charge in [-0.05, 0) is 61.8 Å². The minimum atomic E-state index is -3.53. The van der Waals surface area contributed by atoms with Gasteiger partial charge in [0.05, 0.1) is 4.90 Å². The Morgan fingerprint density at radius 1 is 1.14 bits per heavy atom. The molecule has 7 heteroatoms. The summed E-state index contributed by atoms with van der Waals surface area (Å²) >= 11 is 1.75. The lowest BCUT2D eigenvalue weighted by molar-refractivity contribution is 0.0676. The van der Waals surface area contributed by atoms with Crippen LogP contribution in [0.15, 0.2) is 53.4 Å². The highest BCUT2D eigenvalue weighted by molar-refractivity contribution is 7.97. The van der Waals surface area contributed by atoms with E-state index in [9.17, 15) is 13.2 Å². The van der Waals surface area contributed by atoms with Gasteiger partial charge in [-0.15, -0.1) is 0 Å². The first-order valence-electron chi connectivity index (χ1n) is 9.82. The number of benzene rings is 2. The summed E-state index contributed by atoms with van der Waals surface area (Å²) in [6.45, 7) is 3.55. The predicted molar refractivity (Wildman–Crippen MR) is 119 cm³/mol. The molecule has 2 aromatic carbocycles. The van der Waals surface area contributed by atoms with Crippen LogP contribution in [0.4, 0.5) is 0 Å². The molecule has 1 atom stereocenters. The maximum atomic E-state index is 12.9. The maximum Gasteiger partial charge on any atom is 0.253 e. The molecule has 1 aliphatic heterocycles. The molecule has 1 aliphatic rings. The fourth-order valence-electron chi connectivity index (χ4n) is 3.54. The lowest BCUT2D eigenvalue weighted by Crippen LogP contribution is -2.43. The second kappa shape index (κ2) is 9.78. The highest BCUT2D eigenvalue weighted by Gasteiger charge is 2.26. The first kappa shape index (κ1) is 21.9. The van der Waals surface area contributed by atoms with Gasteiger partial charge >= 0.3 is 0 Å². The van der Waals surface area contributed by atoms with Crippen LogP contribution < -0.4 is 4.72 Å². The topological polar surface area (TPSA) is 66.5 Å². The lowest BCUT2D eigenvalue weighted by Gasteiger charge is -2.33. The number of carbonyl (C=O) groups excluding carboxylic acids is 1. The van der Waals surface area contributed by atoms with Gasteiger partial charge in [0.1, 0.15) is 0 Å². The summed E-state index contributed by atoms with van der Waals surface area (Å²) in [7, 11) is -3.53. The van der Waals surface area contributed by atoms with Crippen molar-refractivity contribution < 1.29 is 13.2 Å². The van der Waals surface area contributed by atoms with Crippen molar-refractivity contribution in [1.82, 2.24) is 9.62 Å². The molecule has 0 spiro atoms. The Hall–Kier alpha value is -1.83. The molecule has 1 heterocycles. The summed E-state index contributed by atoms with van der Waals surface area (Å²) in [6.07, 6.45) is 3.85. The number of likely N-dealkylation sites (tertiary alicyclic amines) is 1. The predicted octanol–water partition coefficient (Wildman–Crippen LogP) is 3.69. The number of hydrogen-bond acceptors (Lipinski definition) is 4. The molecule has 1 N–H and O–H groups in total. The van der Waals surface area contributed by atoms with E-state index in [2.05, 4.69) is 11.0 Å². The van der Waals surface area contributed by atoms with E-state index in [1.165, 1.54) is 5.56 Å². The second-order valence-electron chi connectivity index (χ2n) is 7.55. The normalized spacial score (nSPS) is 17.3. The van der Waals surface area contributed by atoms with Crippen LogP contribution in [-0.2, 0) is 15.8 Å².